The van der Waals surface area contributed by atoms with Crippen molar-refractivity contribution in [3.05, 3.63) is 237 Å². The molecule has 0 bridgehead atoms. The van der Waals surface area contributed by atoms with Gasteiger partial charge in [-0.3, -0.25) is 4.98 Å². The van der Waals surface area contributed by atoms with E-state index in [1.54, 1.807) is 0 Å². The molecule has 316 valence electrons. The van der Waals surface area contributed by atoms with Crippen LogP contribution in [0.15, 0.2) is 237 Å². The Morgan fingerprint density at radius 2 is 0.706 bits per heavy atom. The molecule has 5 nitrogen and oxygen atoms in total. The zero-order valence-corrected chi connectivity index (χ0v) is 36.8. The largest absolute Gasteiger partial charge is 0.252 e. The third-order valence-corrected chi connectivity index (χ3v) is 13.1. The lowest BCUT2D eigenvalue weighted by atomic mass is 9.91. The van der Waals surface area contributed by atoms with Crippen LogP contribution in [0.5, 0.6) is 0 Å². The van der Waals surface area contributed by atoms with Crippen LogP contribution in [0, 0.1) is 0 Å². The van der Waals surface area contributed by atoms with Gasteiger partial charge in [-0.25, -0.2) is 19.9 Å². The Bertz CT molecular complexity index is 4040. The molecule has 68 heavy (non-hydrogen) atoms. The molecule has 0 saturated carbocycles. The van der Waals surface area contributed by atoms with Crippen LogP contribution in [0.3, 0.4) is 0 Å². The fourth-order valence-corrected chi connectivity index (χ4v) is 9.86. The van der Waals surface area contributed by atoms with Crippen molar-refractivity contribution >= 4 is 54.1 Å². The number of rotatable bonds is 7. The first kappa shape index (κ1) is 39.2. The SMILES string of the molecule is c1ccc(-c2ccc(-c3nc(-c4cc(-c5cnc6c7ccccc7c7ccccc7c6n5)cc(-c5cc6ccccc6c6ccccc56)c4)nc(-c4ccccc4-c4ccccc4)n3)cc2)cc1. The molecule has 0 N–H and O–H groups in total. The van der Waals surface area contributed by atoms with Crippen molar-refractivity contribution in [2.75, 3.05) is 0 Å². The summed E-state index contributed by atoms with van der Waals surface area (Å²) in [6.07, 6.45) is 1.92. The fourth-order valence-electron chi connectivity index (χ4n) is 9.86. The van der Waals surface area contributed by atoms with E-state index in [1.165, 1.54) is 16.2 Å². The lowest BCUT2D eigenvalue weighted by molar-refractivity contribution is 1.07. The maximum Gasteiger partial charge on any atom is 0.164 e. The highest BCUT2D eigenvalue weighted by Crippen LogP contribution is 2.41. The van der Waals surface area contributed by atoms with Gasteiger partial charge in [-0.1, -0.05) is 206 Å². The number of hydrogen-bond acceptors (Lipinski definition) is 5. The van der Waals surface area contributed by atoms with Crippen molar-refractivity contribution in [1.82, 2.24) is 24.9 Å². The van der Waals surface area contributed by atoms with Crippen molar-refractivity contribution in [3.63, 3.8) is 0 Å². The Morgan fingerprint density at radius 1 is 0.235 bits per heavy atom. The Balaban J connectivity index is 1.07. The second kappa shape index (κ2) is 16.4. The van der Waals surface area contributed by atoms with Gasteiger partial charge >= 0.3 is 0 Å². The summed E-state index contributed by atoms with van der Waals surface area (Å²) in [7, 11) is 0. The van der Waals surface area contributed by atoms with E-state index in [4.69, 9.17) is 24.9 Å². The number of aromatic nitrogens is 5. The zero-order valence-electron chi connectivity index (χ0n) is 36.8. The molecule has 2 aromatic heterocycles. The molecule has 11 aromatic carbocycles. The van der Waals surface area contributed by atoms with E-state index in [0.717, 1.165) is 99.3 Å². The average molecular weight is 866 g/mol. The van der Waals surface area contributed by atoms with Crippen molar-refractivity contribution in [1.29, 1.82) is 0 Å². The molecule has 0 aliphatic rings. The third kappa shape index (κ3) is 6.84. The lowest BCUT2D eigenvalue weighted by Gasteiger charge is -2.16. The minimum atomic E-state index is 0.554. The molecule has 0 amide bonds. The van der Waals surface area contributed by atoms with Crippen molar-refractivity contribution < 1.29 is 0 Å². The van der Waals surface area contributed by atoms with Crippen LogP contribution in [-0.2, 0) is 0 Å². The first-order valence-corrected chi connectivity index (χ1v) is 22.9. The molecule has 2 heterocycles. The van der Waals surface area contributed by atoms with Gasteiger partial charge in [0.05, 0.1) is 22.9 Å². The molecule has 0 radical (unpaired) electrons. The van der Waals surface area contributed by atoms with E-state index >= 15 is 0 Å². The van der Waals surface area contributed by atoms with Crippen LogP contribution < -0.4 is 0 Å². The summed E-state index contributed by atoms with van der Waals surface area (Å²) < 4.78 is 0. The summed E-state index contributed by atoms with van der Waals surface area (Å²) in [5.74, 6) is 1.72. The highest BCUT2D eigenvalue weighted by molar-refractivity contribution is 6.23. The summed E-state index contributed by atoms with van der Waals surface area (Å²) >= 11 is 0. The summed E-state index contributed by atoms with van der Waals surface area (Å²) in [5.41, 5.74) is 12.6. The highest BCUT2D eigenvalue weighted by Gasteiger charge is 2.20. The molecule has 0 aliphatic carbocycles. The van der Waals surface area contributed by atoms with E-state index in [0.29, 0.717) is 17.5 Å². The Morgan fingerprint density at radius 3 is 1.41 bits per heavy atom. The Kier molecular flexibility index (Phi) is 9.43. The summed E-state index contributed by atoms with van der Waals surface area (Å²) in [4.78, 5) is 26.7. The Hall–Kier alpha value is -9.19. The molecule has 0 fully saturated rings. The number of nitrogens with zero attached hydrogens (tertiary/aromatic N) is 5. The van der Waals surface area contributed by atoms with Crippen LogP contribution >= 0.6 is 0 Å². The topological polar surface area (TPSA) is 64.5 Å². The van der Waals surface area contributed by atoms with Gasteiger partial charge in [-0.15, -0.1) is 0 Å². The predicted octanol–water partition coefficient (Wildman–Crippen LogP) is 16.1. The number of hydrogen-bond donors (Lipinski definition) is 0. The first-order chi connectivity index (χ1) is 33.7. The van der Waals surface area contributed by atoms with Crippen LogP contribution in [0.1, 0.15) is 0 Å². The molecule has 5 heteroatoms. The predicted molar refractivity (Wildman–Crippen MR) is 281 cm³/mol. The molecule has 0 spiro atoms. The quantitative estimate of drug-likeness (QED) is 0.149. The van der Waals surface area contributed by atoms with Gasteiger partial charge < -0.3 is 0 Å². The van der Waals surface area contributed by atoms with Crippen LogP contribution in [-0.4, -0.2) is 24.9 Å². The molecule has 13 rings (SSSR count). The third-order valence-electron chi connectivity index (χ3n) is 13.1. The van der Waals surface area contributed by atoms with Gasteiger partial charge in [0.1, 0.15) is 0 Å². The molecule has 0 saturated heterocycles. The average Bonchev–Trinajstić information content (AvgIpc) is 3.43. The molecular weight excluding hydrogens is 827 g/mol. The maximum absolute atomic E-state index is 5.50. The van der Waals surface area contributed by atoms with Crippen molar-refractivity contribution in [2.24, 2.45) is 0 Å². The maximum atomic E-state index is 5.50. The first-order valence-electron chi connectivity index (χ1n) is 22.9. The molecular formula is C63H39N5. The van der Waals surface area contributed by atoms with E-state index < -0.39 is 0 Å². The van der Waals surface area contributed by atoms with Gasteiger partial charge in [0.2, 0.25) is 0 Å². The van der Waals surface area contributed by atoms with Gasteiger partial charge in [0.25, 0.3) is 0 Å². The molecule has 0 atom stereocenters. The van der Waals surface area contributed by atoms with Crippen molar-refractivity contribution in [3.8, 4) is 78.8 Å². The Labute approximate surface area is 392 Å². The zero-order chi connectivity index (χ0) is 45.0. The summed E-state index contributed by atoms with van der Waals surface area (Å²) in [6, 6.07) is 80.9. The number of benzene rings is 11. The fraction of sp³-hybridized carbons (Fsp3) is 0. The molecule has 13 aromatic rings. The van der Waals surface area contributed by atoms with E-state index in [9.17, 15) is 0 Å². The van der Waals surface area contributed by atoms with Gasteiger partial charge in [-0.2, -0.15) is 0 Å². The summed E-state index contributed by atoms with van der Waals surface area (Å²) in [6.45, 7) is 0. The van der Waals surface area contributed by atoms with Crippen LogP contribution in [0.25, 0.3) is 133 Å². The van der Waals surface area contributed by atoms with Gasteiger partial charge in [0.15, 0.2) is 17.5 Å². The monoisotopic (exact) mass is 865 g/mol. The standard InChI is InChI=1S/C63H39N5/c1-3-17-40(18-4-1)41-31-33-43(34-32-41)61-66-62(68-63(67-61)56-30-16-9-22-48(56)42-19-5-2-6-20-42)47-36-45(57-38-44-21-7-8-23-49(44)50-24-10-11-27-53(50)57)35-46(37-47)58-39-64-59-54-28-14-12-25-51(54)52-26-13-15-29-55(52)60(59)65-58/h1-39H. The van der Waals surface area contributed by atoms with E-state index in [-0.39, 0.29) is 0 Å². The van der Waals surface area contributed by atoms with E-state index in [1.807, 2.05) is 18.3 Å². The second-order valence-corrected chi connectivity index (χ2v) is 17.2. The van der Waals surface area contributed by atoms with Gasteiger partial charge in [-0.05, 0) is 90.0 Å². The highest BCUT2D eigenvalue weighted by atomic mass is 15.0. The minimum Gasteiger partial charge on any atom is -0.252 e. The number of fused-ring (bicyclic) bond motifs is 9. The van der Waals surface area contributed by atoms with Crippen molar-refractivity contribution in [2.45, 2.75) is 0 Å². The van der Waals surface area contributed by atoms with Crippen LogP contribution in [0.4, 0.5) is 0 Å². The molecule has 0 aliphatic heterocycles. The lowest BCUT2D eigenvalue weighted by Crippen LogP contribution is -2.02. The summed E-state index contributed by atoms with van der Waals surface area (Å²) in [5, 5.41) is 9.18. The minimum absolute atomic E-state index is 0.554. The van der Waals surface area contributed by atoms with Crippen LogP contribution in [0.2, 0.25) is 0 Å². The molecule has 0 unspecified atom stereocenters. The normalized spacial score (nSPS) is 11.5. The smallest absolute Gasteiger partial charge is 0.164 e. The second-order valence-electron chi connectivity index (χ2n) is 17.2. The van der Waals surface area contributed by atoms with E-state index in [2.05, 4.69) is 218 Å². The van der Waals surface area contributed by atoms with Gasteiger partial charge in [0, 0.05) is 33.0 Å².